The van der Waals surface area contributed by atoms with Crippen LogP contribution in [0.15, 0.2) is 140 Å². The Morgan fingerprint density at radius 3 is 1.48 bits per heavy atom. The molecule has 0 bridgehead atoms. The number of aromatic nitrogens is 6. The Morgan fingerprint density at radius 1 is 0.409 bits per heavy atom. The van der Waals surface area contributed by atoms with Crippen LogP contribution in [-0.4, -0.2) is 29.9 Å². The third-order valence-electron chi connectivity index (χ3n) is 7.07. The second-order valence-corrected chi connectivity index (χ2v) is 9.97. The number of hydrogen-bond acceptors (Lipinski definition) is 6. The van der Waals surface area contributed by atoms with E-state index >= 15 is 0 Å². The summed E-state index contributed by atoms with van der Waals surface area (Å²) in [6.07, 6.45) is 3.52. The van der Waals surface area contributed by atoms with Crippen molar-refractivity contribution < 1.29 is 0 Å². The average Bonchev–Trinajstić information content (AvgIpc) is 3.12. The lowest BCUT2D eigenvalue weighted by Crippen LogP contribution is -2.00. The van der Waals surface area contributed by atoms with Crippen molar-refractivity contribution in [2.75, 3.05) is 0 Å². The quantitative estimate of drug-likeness (QED) is 0.188. The average molecular weight is 566 g/mol. The molecule has 0 atom stereocenters. The highest BCUT2D eigenvalue weighted by Crippen LogP contribution is 2.31. The van der Waals surface area contributed by atoms with Crippen LogP contribution in [0.1, 0.15) is 0 Å². The van der Waals surface area contributed by atoms with Crippen LogP contribution < -0.4 is 0 Å². The first-order valence-corrected chi connectivity index (χ1v) is 14.0. The summed E-state index contributed by atoms with van der Waals surface area (Å²) < 4.78 is 0. The molecule has 3 aromatic carbocycles. The molecule has 7 nitrogen and oxygen atoms in total. The zero-order chi connectivity index (χ0) is 29.7. The van der Waals surface area contributed by atoms with Crippen molar-refractivity contribution in [1.82, 2.24) is 29.9 Å². The van der Waals surface area contributed by atoms with E-state index in [4.69, 9.17) is 31.5 Å². The van der Waals surface area contributed by atoms with Crippen molar-refractivity contribution in [3.8, 4) is 68.1 Å². The van der Waals surface area contributed by atoms with E-state index in [2.05, 4.69) is 9.83 Å². The molecule has 206 valence electrons. The van der Waals surface area contributed by atoms with E-state index in [1.807, 2.05) is 127 Å². The van der Waals surface area contributed by atoms with E-state index in [-0.39, 0.29) is 0 Å². The molecule has 0 amide bonds. The second kappa shape index (κ2) is 11.8. The lowest BCUT2D eigenvalue weighted by Gasteiger charge is -2.11. The summed E-state index contributed by atoms with van der Waals surface area (Å²) in [6.45, 7) is 7.29. The van der Waals surface area contributed by atoms with Gasteiger partial charge in [-0.15, -0.1) is 0 Å². The predicted molar refractivity (Wildman–Crippen MR) is 172 cm³/mol. The summed E-state index contributed by atoms with van der Waals surface area (Å²) in [6, 6.07) is 41.0. The second-order valence-electron chi connectivity index (χ2n) is 9.97. The Morgan fingerprint density at radius 2 is 0.955 bits per heavy atom. The zero-order valence-corrected chi connectivity index (χ0v) is 23.4. The number of pyridine rings is 3. The first-order chi connectivity index (χ1) is 21.7. The Balaban J connectivity index is 1.30. The molecule has 0 fully saturated rings. The van der Waals surface area contributed by atoms with Crippen molar-refractivity contribution >= 4 is 5.69 Å². The van der Waals surface area contributed by atoms with Crippen LogP contribution in [0.25, 0.3) is 72.9 Å². The first-order valence-electron chi connectivity index (χ1n) is 14.0. The van der Waals surface area contributed by atoms with Crippen molar-refractivity contribution in [3.05, 3.63) is 151 Å². The van der Waals surface area contributed by atoms with Gasteiger partial charge in [0.2, 0.25) is 0 Å². The van der Waals surface area contributed by atoms with E-state index in [1.165, 1.54) is 0 Å². The van der Waals surface area contributed by atoms with Gasteiger partial charge in [0.1, 0.15) is 0 Å². The number of nitrogens with zero attached hydrogens (tertiary/aromatic N) is 7. The molecule has 0 spiro atoms. The molecule has 0 saturated carbocycles. The van der Waals surface area contributed by atoms with Gasteiger partial charge in [-0.05, 0) is 47.5 Å². The monoisotopic (exact) mass is 565 g/mol. The lowest BCUT2D eigenvalue weighted by molar-refractivity contribution is 1.07. The van der Waals surface area contributed by atoms with Gasteiger partial charge >= 0.3 is 0 Å². The first kappa shape index (κ1) is 26.5. The van der Waals surface area contributed by atoms with E-state index < -0.39 is 0 Å². The summed E-state index contributed by atoms with van der Waals surface area (Å²) >= 11 is 0. The zero-order valence-electron chi connectivity index (χ0n) is 23.4. The number of rotatable bonds is 6. The van der Waals surface area contributed by atoms with Crippen LogP contribution >= 0.6 is 0 Å². The number of benzene rings is 3. The minimum atomic E-state index is 0.535. The molecule has 7 heteroatoms. The third kappa shape index (κ3) is 5.56. The minimum Gasteiger partial charge on any atom is -0.255 e. The van der Waals surface area contributed by atoms with Gasteiger partial charge in [-0.2, -0.15) is 0 Å². The normalized spacial score (nSPS) is 10.7. The Bertz CT molecular complexity index is 2030. The standard InChI is InChI=1S/C37H23N7/c1-38-30-18-15-25(16-19-30)29-22-33(31-14-8-9-21-39-31)41-34(23-29)32-20-17-28(24-40-32)37-43-35(26-10-4-2-5-11-26)42-36(44-37)27-12-6-3-7-13-27/h2-24H. The van der Waals surface area contributed by atoms with Crippen LogP contribution in [0.2, 0.25) is 0 Å². The van der Waals surface area contributed by atoms with Gasteiger partial charge in [-0.1, -0.05) is 91.0 Å². The molecule has 4 aromatic heterocycles. The van der Waals surface area contributed by atoms with Crippen LogP contribution in [-0.2, 0) is 0 Å². The Kier molecular flexibility index (Phi) is 7.13. The van der Waals surface area contributed by atoms with Gasteiger partial charge in [-0.25, -0.2) is 24.8 Å². The summed E-state index contributed by atoms with van der Waals surface area (Å²) in [5, 5.41) is 0. The van der Waals surface area contributed by atoms with Crippen LogP contribution in [0.4, 0.5) is 5.69 Å². The van der Waals surface area contributed by atoms with Gasteiger partial charge in [0.05, 0.1) is 29.3 Å². The van der Waals surface area contributed by atoms with Gasteiger partial charge in [0, 0.05) is 29.1 Å². The van der Waals surface area contributed by atoms with Gasteiger partial charge in [0.25, 0.3) is 0 Å². The molecule has 4 heterocycles. The fraction of sp³-hybridized carbons (Fsp3) is 0. The predicted octanol–water partition coefficient (Wildman–Crippen LogP) is 8.61. The molecule has 44 heavy (non-hydrogen) atoms. The highest BCUT2D eigenvalue weighted by atomic mass is 15.0. The smallest absolute Gasteiger partial charge is 0.187 e. The largest absolute Gasteiger partial charge is 0.255 e. The SMILES string of the molecule is [C-]#[N+]c1ccc(-c2cc(-c3ccccn3)nc(-c3ccc(-c4nc(-c5ccccc5)nc(-c5ccccc5)n4)cn3)c2)cc1. The fourth-order valence-corrected chi connectivity index (χ4v) is 4.82. The van der Waals surface area contributed by atoms with Crippen LogP contribution in [0, 0.1) is 6.57 Å². The van der Waals surface area contributed by atoms with E-state index in [0.29, 0.717) is 34.5 Å². The molecule has 0 aliphatic heterocycles. The summed E-state index contributed by atoms with van der Waals surface area (Å²) in [4.78, 5) is 32.2. The molecule has 0 N–H and O–H groups in total. The Labute approximate surface area is 254 Å². The molecule has 0 aliphatic rings. The maximum atomic E-state index is 7.29. The molecular formula is C37H23N7. The van der Waals surface area contributed by atoms with E-state index in [9.17, 15) is 0 Å². The maximum Gasteiger partial charge on any atom is 0.187 e. The summed E-state index contributed by atoms with van der Waals surface area (Å²) in [7, 11) is 0. The molecule has 7 rings (SSSR count). The number of hydrogen-bond donors (Lipinski definition) is 0. The molecule has 0 saturated heterocycles. The summed E-state index contributed by atoms with van der Waals surface area (Å²) in [5.41, 5.74) is 8.00. The fourth-order valence-electron chi connectivity index (χ4n) is 4.82. The molecular weight excluding hydrogens is 542 g/mol. The molecule has 0 radical (unpaired) electrons. The van der Waals surface area contributed by atoms with E-state index in [0.717, 1.165) is 39.2 Å². The van der Waals surface area contributed by atoms with Crippen LogP contribution in [0.3, 0.4) is 0 Å². The van der Waals surface area contributed by atoms with Crippen molar-refractivity contribution in [2.24, 2.45) is 0 Å². The lowest BCUT2D eigenvalue weighted by atomic mass is 10.0. The third-order valence-corrected chi connectivity index (χ3v) is 7.07. The molecule has 0 unspecified atom stereocenters. The van der Waals surface area contributed by atoms with Gasteiger partial charge in [-0.3, -0.25) is 9.97 Å². The maximum absolute atomic E-state index is 7.29. The highest BCUT2D eigenvalue weighted by molar-refractivity contribution is 5.76. The highest BCUT2D eigenvalue weighted by Gasteiger charge is 2.14. The van der Waals surface area contributed by atoms with Gasteiger partial charge < -0.3 is 0 Å². The minimum absolute atomic E-state index is 0.535. The molecule has 7 aromatic rings. The van der Waals surface area contributed by atoms with E-state index in [1.54, 1.807) is 12.4 Å². The van der Waals surface area contributed by atoms with Gasteiger partial charge in [0.15, 0.2) is 23.2 Å². The molecule has 0 aliphatic carbocycles. The van der Waals surface area contributed by atoms with Crippen molar-refractivity contribution in [1.29, 1.82) is 0 Å². The van der Waals surface area contributed by atoms with Crippen LogP contribution in [0.5, 0.6) is 0 Å². The van der Waals surface area contributed by atoms with Crippen molar-refractivity contribution in [2.45, 2.75) is 0 Å². The summed E-state index contributed by atoms with van der Waals surface area (Å²) in [5.74, 6) is 1.72. The topological polar surface area (TPSA) is 81.7 Å². The Hall–Kier alpha value is -6.39. The van der Waals surface area contributed by atoms with Crippen molar-refractivity contribution in [3.63, 3.8) is 0 Å².